The second-order valence-corrected chi connectivity index (χ2v) is 5.71. The van der Waals surface area contributed by atoms with Crippen LogP contribution in [-0.2, 0) is 6.42 Å². The summed E-state index contributed by atoms with van der Waals surface area (Å²) in [7, 11) is 0. The van der Waals surface area contributed by atoms with Gasteiger partial charge in [0.25, 0.3) is 0 Å². The molecule has 1 unspecified atom stereocenters. The molecule has 1 aromatic carbocycles. The average molecular weight is 244 g/mol. The first-order valence-electron chi connectivity index (χ1n) is 7.44. The van der Waals surface area contributed by atoms with Gasteiger partial charge >= 0.3 is 0 Å². The zero-order valence-electron chi connectivity index (χ0n) is 11.2. The molecule has 2 nitrogen and oxygen atoms in total. The third-order valence-corrected chi connectivity index (χ3v) is 4.41. The Hall–Kier alpha value is -0.860. The molecule has 1 aliphatic carbocycles. The van der Waals surface area contributed by atoms with Gasteiger partial charge in [0.05, 0.1) is 0 Å². The van der Waals surface area contributed by atoms with Crippen LogP contribution < -0.4 is 5.32 Å². The van der Waals surface area contributed by atoms with Crippen molar-refractivity contribution in [1.82, 2.24) is 10.2 Å². The molecule has 0 spiro atoms. The molecule has 0 saturated carbocycles. The normalized spacial score (nSPS) is 23.4. The summed E-state index contributed by atoms with van der Waals surface area (Å²) in [6.07, 6.45) is 5.50. The van der Waals surface area contributed by atoms with Crippen molar-refractivity contribution < 1.29 is 0 Å². The third kappa shape index (κ3) is 2.76. The van der Waals surface area contributed by atoms with Crippen molar-refractivity contribution in [3.05, 3.63) is 35.4 Å². The van der Waals surface area contributed by atoms with Gasteiger partial charge in [0.15, 0.2) is 0 Å². The summed E-state index contributed by atoms with van der Waals surface area (Å²) in [5.41, 5.74) is 3.13. The summed E-state index contributed by atoms with van der Waals surface area (Å²) >= 11 is 0. The lowest BCUT2D eigenvalue weighted by atomic mass is 9.78. The number of fused-ring (bicyclic) bond motifs is 1. The number of rotatable bonds is 5. The predicted molar refractivity (Wildman–Crippen MR) is 76.0 cm³/mol. The molecule has 3 rings (SSSR count). The van der Waals surface area contributed by atoms with Crippen molar-refractivity contribution in [2.24, 2.45) is 0 Å². The van der Waals surface area contributed by atoms with E-state index in [0.29, 0.717) is 0 Å². The highest BCUT2D eigenvalue weighted by atomic mass is 15.1. The van der Waals surface area contributed by atoms with Gasteiger partial charge in [-0.1, -0.05) is 30.7 Å². The molecule has 1 N–H and O–H groups in total. The predicted octanol–water partition coefficient (Wildman–Crippen LogP) is 2.40. The van der Waals surface area contributed by atoms with Gasteiger partial charge in [-0.2, -0.15) is 0 Å². The average Bonchev–Trinajstić information content (AvgIpc) is 2.40. The van der Waals surface area contributed by atoms with Crippen LogP contribution >= 0.6 is 0 Å². The molecule has 1 aromatic rings. The van der Waals surface area contributed by atoms with Crippen LogP contribution in [0.4, 0.5) is 0 Å². The van der Waals surface area contributed by atoms with Crippen LogP contribution in [0.1, 0.15) is 36.3 Å². The molecule has 0 bridgehead atoms. The van der Waals surface area contributed by atoms with Crippen LogP contribution in [0.3, 0.4) is 0 Å². The van der Waals surface area contributed by atoms with Gasteiger partial charge in [-0.15, -0.1) is 0 Å². The molecular weight excluding hydrogens is 220 g/mol. The first-order chi connectivity index (χ1) is 8.93. The number of likely N-dealkylation sites (tertiary alicyclic amines) is 1. The first kappa shape index (κ1) is 12.2. The molecule has 2 aliphatic rings. The molecule has 1 heterocycles. The lowest BCUT2D eigenvalue weighted by Gasteiger charge is -2.31. The minimum atomic E-state index is 0.766. The van der Waals surface area contributed by atoms with Gasteiger partial charge in [-0.25, -0.2) is 0 Å². The number of hydrogen-bond acceptors (Lipinski definition) is 2. The monoisotopic (exact) mass is 244 g/mol. The standard InChI is InChI=1S/C16H24N2/c1-4-9-18(10-5-1)11-8-17-13-15-12-14-6-2-3-7-16(14)15/h2-3,6-7,15,17H,1,4-5,8-13H2. The molecule has 98 valence electrons. The fourth-order valence-corrected chi connectivity index (χ4v) is 3.24. The van der Waals surface area contributed by atoms with Crippen molar-refractivity contribution in [3.8, 4) is 0 Å². The maximum Gasteiger partial charge on any atom is 0.0107 e. The second-order valence-electron chi connectivity index (χ2n) is 5.71. The first-order valence-corrected chi connectivity index (χ1v) is 7.44. The van der Waals surface area contributed by atoms with E-state index in [2.05, 4.69) is 34.5 Å². The van der Waals surface area contributed by atoms with Gasteiger partial charge in [0, 0.05) is 25.6 Å². The minimum Gasteiger partial charge on any atom is -0.315 e. The number of piperidine rings is 1. The summed E-state index contributed by atoms with van der Waals surface area (Å²) in [6, 6.07) is 8.87. The van der Waals surface area contributed by atoms with Crippen LogP contribution in [0.15, 0.2) is 24.3 Å². The largest absolute Gasteiger partial charge is 0.315 e. The lowest BCUT2D eigenvalue weighted by Crippen LogP contribution is -2.38. The van der Waals surface area contributed by atoms with E-state index in [0.717, 1.165) is 19.0 Å². The van der Waals surface area contributed by atoms with E-state index in [9.17, 15) is 0 Å². The van der Waals surface area contributed by atoms with Crippen molar-refractivity contribution in [2.75, 3.05) is 32.7 Å². The Kier molecular flexibility index (Phi) is 3.96. The van der Waals surface area contributed by atoms with Crippen molar-refractivity contribution in [2.45, 2.75) is 31.6 Å². The van der Waals surface area contributed by atoms with E-state index < -0.39 is 0 Å². The van der Waals surface area contributed by atoms with Crippen molar-refractivity contribution >= 4 is 0 Å². The molecule has 0 aromatic heterocycles. The van der Waals surface area contributed by atoms with Gasteiger partial charge in [-0.3, -0.25) is 0 Å². The van der Waals surface area contributed by atoms with Gasteiger partial charge in [0.1, 0.15) is 0 Å². The molecule has 0 radical (unpaired) electrons. The second kappa shape index (κ2) is 5.85. The van der Waals surface area contributed by atoms with E-state index in [1.807, 2.05) is 0 Å². The van der Waals surface area contributed by atoms with Crippen LogP contribution in [0.2, 0.25) is 0 Å². The van der Waals surface area contributed by atoms with Crippen LogP contribution in [0, 0.1) is 0 Å². The number of nitrogens with one attached hydrogen (secondary N) is 1. The minimum absolute atomic E-state index is 0.766. The SMILES string of the molecule is c1ccc2c(c1)CC2CNCCN1CCCCC1. The molecule has 1 aliphatic heterocycles. The Balaban J connectivity index is 1.34. The van der Waals surface area contributed by atoms with E-state index >= 15 is 0 Å². The molecular formula is C16H24N2. The fourth-order valence-electron chi connectivity index (χ4n) is 3.24. The Labute approximate surface area is 110 Å². The lowest BCUT2D eigenvalue weighted by molar-refractivity contribution is 0.228. The summed E-state index contributed by atoms with van der Waals surface area (Å²) < 4.78 is 0. The van der Waals surface area contributed by atoms with E-state index in [1.54, 1.807) is 11.1 Å². The van der Waals surface area contributed by atoms with Gasteiger partial charge < -0.3 is 10.2 Å². The summed E-state index contributed by atoms with van der Waals surface area (Å²) in [5, 5.41) is 3.63. The Bertz CT molecular complexity index is 382. The van der Waals surface area contributed by atoms with E-state index in [-0.39, 0.29) is 0 Å². The maximum atomic E-state index is 3.63. The van der Waals surface area contributed by atoms with Gasteiger partial charge in [0.2, 0.25) is 0 Å². The smallest absolute Gasteiger partial charge is 0.0107 e. The fraction of sp³-hybridized carbons (Fsp3) is 0.625. The number of hydrogen-bond donors (Lipinski definition) is 1. The Morgan fingerprint density at radius 3 is 2.78 bits per heavy atom. The molecule has 1 atom stereocenters. The molecule has 1 saturated heterocycles. The number of benzene rings is 1. The molecule has 18 heavy (non-hydrogen) atoms. The quantitative estimate of drug-likeness (QED) is 0.800. The summed E-state index contributed by atoms with van der Waals surface area (Å²) in [6.45, 7) is 6.17. The third-order valence-electron chi connectivity index (χ3n) is 4.41. The van der Waals surface area contributed by atoms with E-state index in [1.165, 1.54) is 45.3 Å². The van der Waals surface area contributed by atoms with Gasteiger partial charge in [-0.05, 0) is 43.5 Å². The molecule has 1 fully saturated rings. The molecule has 0 amide bonds. The van der Waals surface area contributed by atoms with Crippen molar-refractivity contribution in [1.29, 1.82) is 0 Å². The number of nitrogens with zero attached hydrogens (tertiary/aromatic N) is 1. The zero-order chi connectivity index (χ0) is 12.2. The van der Waals surface area contributed by atoms with E-state index in [4.69, 9.17) is 0 Å². The van der Waals surface area contributed by atoms with Crippen LogP contribution in [0.25, 0.3) is 0 Å². The van der Waals surface area contributed by atoms with Crippen LogP contribution in [0.5, 0.6) is 0 Å². The van der Waals surface area contributed by atoms with Crippen molar-refractivity contribution in [3.63, 3.8) is 0 Å². The highest BCUT2D eigenvalue weighted by Gasteiger charge is 2.24. The topological polar surface area (TPSA) is 15.3 Å². The maximum absolute atomic E-state index is 3.63. The highest BCUT2D eigenvalue weighted by Crippen LogP contribution is 2.33. The Morgan fingerprint density at radius 2 is 1.94 bits per heavy atom. The highest BCUT2D eigenvalue weighted by molar-refractivity contribution is 5.40. The summed E-state index contributed by atoms with van der Waals surface area (Å²) in [5.74, 6) is 0.766. The zero-order valence-corrected chi connectivity index (χ0v) is 11.2. The summed E-state index contributed by atoms with van der Waals surface area (Å²) in [4.78, 5) is 2.60. The van der Waals surface area contributed by atoms with Crippen LogP contribution in [-0.4, -0.2) is 37.6 Å². The molecule has 2 heteroatoms. The Morgan fingerprint density at radius 1 is 1.11 bits per heavy atom.